The molecule has 0 unspecified atom stereocenters. The molecule has 4 rings (SSSR count). The topological polar surface area (TPSA) is 106 Å². The number of nitrogens with zero attached hydrogens (tertiary/aromatic N) is 4. The summed E-state index contributed by atoms with van der Waals surface area (Å²) in [4.78, 5) is 23.4. The zero-order chi connectivity index (χ0) is 22.0. The van der Waals surface area contributed by atoms with Crippen molar-refractivity contribution in [2.24, 2.45) is 7.05 Å². The Labute approximate surface area is 180 Å². The van der Waals surface area contributed by atoms with Gasteiger partial charge in [0, 0.05) is 43.3 Å². The third-order valence-electron chi connectivity index (χ3n) is 5.02. The van der Waals surface area contributed by atoms with E-state index in [1.165, 1.54) is 10.6 Å². The molecule has 1 aliphatic heterocycles. The molecule has 3 aromatic rings. The highest BCUT2D eigenvalue weighted by molar-refractivity contribution is 7.92. The Morgan fingerprint density at radius 1 is 1.13 bits per heavy atom. The van der Waals surface area contributed by atoms with Gasteiger partial charge in [-0.1, -0.05) is 12.1 Å². The van der Waals surface area contributed by atoms with E-state index >= 15 is 0 Å². The van der Waals surface area contributed by atoms with Crippen LogP contribution in [0, 0.1) is 0 Å². The van der Waals surface area contributed by atoms with Crippen LogP contribution in [0.5, 0.6) is 0 Å². The maximum Gasteiger partial charge on any atom is 0.255 e. The predicted molar refractivity (Wildman–Crippen MR) is 119 cm³/mol. The second-order valence-electron chi connectivity index (χ2n) is 7.38. The Bertz CT molecular complexity index is 1230. The molecule has 1 saturated heterocycles. The van der Waals surface area contributed by atoms with E-state index in [1.54, 1.807) is 31.6 Å². The molecule has 0 bridgehead atoms. The van der Waals surface area contributed by atoms with Crippen LogP contribution in [0.3, 0.4) is 0 Å². The average molecular weight is 442 g/mol. The van der Waals surface area contributed by atoms with Gasteiger partial charge < -0.3 is 9.64 Å². The van der Waals surface area contributed by atoms with Crippen LogP contribution >= 0.6 is 0 Å². The molecule has 162 valence electrons. The van der Waals surface area contributed by atoms with E-state index in [2.05, 4.69) is 9.71 Å². The lowest BCUT2D eigenvalue weighted by Crippen LogP contribution is -2.41. The molecule has 2 aromatic heterocycles. The van der Waals surface area contributed by atoms with Crippen molar-refractivity contribution in [2.45, 2.75) is 6.10 Å². The fourth-order valence-electron chi connectivity index (χ4n) is 3.49. The fourth-order valence-corrected chi connectivity index (χ4v) is 4.06. The fraction of sp³-hybridized carbons (Fsp3) is 0.286. The van der Waals surface area contributed by atoms with Crippen LogP contribution in [0.2, 0.25) is 0 Å². The van der Waals surface area contributed by atoms with E-state index in [9.17, 15) is 13.2 Å². The van der Waals surface area contributed by atoms with Crippen molar-refractivity contribution < 1.29 is 13.2 Å². The second kappa shape index (κ2) is 8.48. The number of morpholine rings is 1. The highest BCUT2D eigenvalue weighted by atomic mass is 32.2. The van der Waals surface area contributed by atoms with E-state index in [0.717, 1.165) is 17.4 Å². The lowest BCUT2D eigenvalue weighted by atomic mass is 10.1. The molecule has 10 heteroatoms. The molecule has 0 saturated carbocycles. The number of benzene rings is 1. The van der Waals surface area contributed by atoms with Crippen LogP contribution in [0.15, 0.2) is 59.7 Å². The number of hydrogen-bond acceptors (Lipinski definition) is 7. The highest BCUT2D eigenvalue weighted by Gasteiger charge is 2.25. The summed E-state index contributed by atoms with van der Waals surface area (Å²) < 4.78 is 32.7. The monoisotopic (exact) mass is 441 g/mol. The van der Waals surface area contributed by atoms with Crippen LogP contribution in [0.25, 0.3) is 11.3 Å². The van der Waals surface area contributed by atoms with Gasteiger partial charge in [0.2, 0.25) is 16.0 Å². The summed E-state index contributed by atoms with van der Waals surface area (Å²) >= 11 is 0. The largest absolute Gasteiger partial charge is 0.370 e. The number of pyridine rings is 1. The maximum atomic E-state index is 12.6. The SMILES string of the molecule is Cn1c(N2CCO[C@@H](c3ccc(NS(C)(=O)=O)cc3)C2)nc(-c2ccncc2)cc1=O. The molecule has 3 heterocycles. The number of sulfonamides is 1. The molecule has 1 atom stereocenters. The molecule has 0 radical (unpaired) electrons. The van der Waals surface area contributed by atoms with Gasteiger partial charge in [0.05, 0.1) is 25.1 Å². The Balaban J connectivity index is 1.59. The number of anilines is 2. The lowest BCUT2D eigenvalue weighted by Gasteiger charge is -2.34. The Kier molecular flexibility index (Phi) is 5.75. The molecular weight excluding hydrogens is 418 g/mol. The second-order valence-corrected chi connectivity index (χ2v) is 9.12. The van der Waals surface area contributed by atoms with Crippen molar-refractivity contribution in [3.8, 4) is 11.3 Å². The van der Waals surface area contributed by atoms with Crippen molar-refractivity contribution in [1.29, 1.82) is 0 Å². The Morgan fingerprint density at radius 2 is 1.84 bits per heavy atom. The van der Waals surface area contributed by atoms with Gasteiger partial charge in [-0.05, 0) is 29.8 Å². The van der Waals surface area contributed by atoms with Crippen molar-refractivity contribution in [3.63, 3.8) is 0 Å². The van der Waals surface area contributed by atoms with Crippen LogP contribution in [-0.2, 0) is 21.8 Å². The number of ether oxygens (including phenoxy) is 1. The van der Waals surface area contributed by atoms with E-state index in [-0.39, 0.29) is 11.7 Å². The molecule has 1 aromatic carbocycles. The minimum Gasteiger partial charge on any atom is -0.370 e. The first kappa shape index (κ1) is 21.0. The van der Waals surface area contributed by atoms with Gasteiger partial charge in [0.1, 0.15) is 6.10 Å². The summed E-state index contributed by atoms with van der Waals surface area (Å²) in [5.74, 6) is 0.572. The summed E-state index contributed by atoms with van der Waals surface area (Å²) in [6, 6.07) is 12.2. The maximum absolute atomic E-state index is 12.6. The minimum atomic E-state index is -3.33. The molecule has 1 N–H and O–H groups in total. The minimum absolute atomic E-state index is 0.143. The number of aromatic nitrogens is 3. The highest BCUT2D eigenvalue weighted by Crippen LogP contribution is 2.27. The summed E-state index contributed by atoms with van der Waals surface area (Å²) in [6.07, 6.45) is 4.21. The summed E-state index contributed by atoms with van der Waals surface area (Å²) in [7, 11) is -1.62. The summed E-state index contributed by atoms with van der Waals surface area (Å²) in [5, 5.41) is 0. The summed E-state index contributed by atoms with van der Waals surface area (Å²) in [6.45, 7) is 1.59. The molecular formula is C21H23N5O4S. The zero-order valence-electron chi connectivity index (χ0n) is 17.2. The average Bonchev–Trinajstić information content (AvgIpc) is 2.76. The van der Waals surface area contributed by atoms with E-state index in [1.807, 2.05) is 29.2 Å². The quantitative estimate of drug-likeness (QED) is 0.643. The standard InChI is InChI=1S/C21H23N5O4S/c1-25-20(27)13-18(15-7-9-22-10-8-15)23-21(25)26-11-12-30-19(14-26)16-3-5-17(6-4-16)24-31(2,28)29/h3-10,13,19,24H,11-12,14H2,1-2H3/t19-/m1/s1. The van der Waals surface area contributed by atoms with Crippen molar-refractivity contribution >= 4 is 21.7 Å². The third-order valence-corrected chi connectivity index (χ3v) is 5.63. The first-order valence-electron chi connectivity index (χ1n) is 9.73. The number of hydrogen-bond donors (Lipinski definition) is 1. The van der Waals surface area contributed by atoms with Crippen LogP contribution < -0.4 is 15.2 Å². The van der Waals surface area contributed by atoms with Gasteiger partial charge in [0.15, 0.2) is 0 Å². The smallest absolute Gasteiger partial charge is 0.255 e. The third kappa shape index (κ3) is 4.92. The normalized spacial score (nSPS) is 16.8. The van der Waals surface area contributed by atoms with Crippen molar-refractivity contribution in [1.82, 2.24) is 14.5 Å². The van der Waals surface area contributed by atoms with Crippen LogP contribution in [0.4, 0.5) is 11.6 Å². The zero-order valence-corrected chi connectivity index (χ0v) is 18.0. The van der Waals surface area contributed by atoms with Crippen molar-refractivity contribution in [2.75, 3.05) is 35.6 Å². The van der Waals surface area contributed by atoms with Gasteiger partial charge in [-0.15, -0.1) is 0 Å². The lowest BCUT2D eigenvalue weighted by molar-refractivity contribution is 0.0390. The number of rotatable bonds is 5. The van der Waals surface area contributed by atoms with E-state index < -0.39 is 10.0 Å². The van der Waals surface area contributed by atoms with Crippen LogP contribution in [0.1, 0.15) is 11.7 Å². The van der Waals surface area contributed by atoms with Crippen LogP contribution in [-0.4, -0.2) is 48.9 Å². The molecule has 9 nitrogen and oxygen atoms in total. The first-order valence-corrected chi connectivity index (χ1v) is 11.6. The molecule has 1 aliphatic rings. The van der Waals surface area contributed by atoms with E-state index in [0.29, 0.717) is 37.0 Å². The van der Waals surface area contributed by atoms with Gasteiger partial charge in [-0.3, -0.25) is 19.1 Å². The predicted octanol–water partition coefficient (Wildman–Crippen LogP) is 1.79. The molecule has 0 spiro atoms. The molecule has 0 aliphatic carbocycles. The van der Waals surface area contributed by atoms with Gasteiger partial charge in [-0.2, -0.15) is 0 Å². The Hall–Kier alpha value is -3.24. The molecule has 31 heavy (non-hydrogen) atoms. The molecule has 1 fully saturated rings. The van der Waals surface area contributed by atoms with Gasteiger partial charge in [0.25, 0.3) is 5.56 Å². The Morgan fingerprint density at radius 3 is 2.52 bits per heavy atom. The van der Waals surface area contributed by atoms with Gasteiger partial charge >= 0.3 is 0 Å². The van der Waals surface area contributed by atoms with E-state index in [4.69, 9.17) is 9.72 Å². The van der Waals surface area contributed by atoms with Gasteiger partial charge in [-0.25, -0.2) is 13.4 Å². The number of nitrogens with one attached hydrogen (secondary N) is 1. The summed E-state index contributed by atoms with van der Waals surface area (Å²) in [5.41, 5.74) is 2.69. The molecule has 0 amide bonds. The first-order chi connectivity index (χ1) is 14.8. The van der Waals surface area contributed by atoms with Crippen molar-refractivity contribution in [3.05, 3.63) is 70.8 Å².